The molecule has 0 fully saturated rings. The topological polar surface area (TPSA) is 34.9 Å². The van der Waals surface area contributed by atoms with Crippen molar-refractivity contribution in [2.75, 3.05) is 0 Å². The molecular weight excluding hydrogens is 160 g/mol. The molecule has 0 spiro atoms. The maximum absolute atomic E-state index is 10.5. The van der Waals surface area contributed by atoms with Crippen LogP contribution in [0.4, 0.5) is 0 Å². The van der Waals surface area contributed by atoms with E-state index in [0.717, 1.165) is 0 Å². The van der Waals surface area contributed by atoms with Crippen molar-refractivity contribution in [3.63, 3.8) is 0 Å². The van der Waals surface area contributed by atoms with E-state index in [2.05, 4.69) is 4.98 Å². The Morgan fingerprint density at radius 1 is 1.89 bits per heavy atom. The highest BCUT2D eigenvalue weighted by Crippen LogP contribution is 2.04. The van der Waals surface area contributed by atoms with E-state index in [1.807, 2.05) is 0 Å². The number of rotatable bonds is 1. The maximum Gasteiger partial charge on any atom is 0.168 e. The summed E-state index contributed by atoms with van der Waals surface area (Å²) in [7, 11) is 5.54. The summed E-state index contributed by atoms with van der Waals surface area (Å²) in [6.45, 7) is 0. The van der Waals surface area contributed by atoms with Gasteiger partial charge in [-0.3, -0.25) is 0 Å². The molecule has 0 saturated carbocycles. The molecule has 1 heterocycles. The van der Waals surface area contributed by atoms with Gasteiger partial charge in [-0.2, -0.15) is 0 Å². The molecule has 9 heavy (non-hydrogen) atoms. The lowest BCUT2D eigenvalue weighted by Crippen LogP contribution is -1.80. The Balaban J connectivity index is 2.98. The van der Waals surface area contributed by atoms with E-state index in [1.54, 1.807) is 24.1 Å². The molecular formula is C4H5ClN2OS. The van der Waals surface area contributed by atoms with Crippen LogP contribution in [0.25, 0.3) is 0 Å². The molecule has 1 aromatic heterocycles. The Kier molecular flexibility index (Phi) is 1.87. The Labute approximate surface area is 59.6 Å². The van der Waals surface area contributed by atoms with Gasteiger partial charge in [-0.05, 0) is 10.7 Å². The summed E-state index contributed by atoms with van der Waals surface area (Å²) in [5.74, 6) is 0. The smallest absolute Gasteiger partial charge is 0.168 e. The summed E-state index contributed by atoms with van der Waals surface area (Å²) >= 11 is 0. The summed E-state index contributed by atoms with van der Waals surface area (Å²) in [5, 5.41) is 0.402. The molecule has 0 radical (unpaired) electrons. The van der Waals surface area contributed by atoms with E-state index in [1.165, 1.54) is 0 Å². The highest BCUT2D eigenvalue weighted by atomic mass is 35.7. The van der Waals surface area contributed by atoms with Gasteiger partial charge in [-0.15, -0.1) is 0 Å². The zero-order valence-electron chi connectivity index (χ0n) is 4.74. The van der Waals surface area contributed by atoms with Gasteiger partial charge in [-0.1, -0.05) is 0 Å². The molecule has 1 rings (SSSR count). The van der Waals surface area contributed by atoms with Gasteiger partial charge in [0.1, 0.15) is 0 Å². The zero-order chi connectivity index (χ0) is 6.85. The number of halogens is 1. The number of aromatic nitrogens is 2. The molecule has 50 valence electrons. The minimum Gasteiger partial charge on any atom is -0.339 e. The van der Waals surface area contributed by atoms with Crippen LogP contribution in [0.3, 0.4) is 0 Å². The van der Waals surface area contributed by atoms with E-state index < -0.39 is 10.0 Å². The first kappa shape index (κ1) is 6.77. The van der Waals surface area contributed by atoms with Crippen LogP contribution in [0, 0.1) is 0 Å². The summed E-state index contributed by atoms with van der Waals surface area (Å²) in [4.78, 5) is 3.75. The minimum atomic E-state index is -1.47. The molecule has 5 heteroatoms. The van der Waals surface area contributed by atoms with Crippen LogP contribution in [0.2, 0.25) is 0 Å². The number of imidazole rings is 1. The highest BCUT2D eigenvalue weighted by Gasteiger charge is 2.00. The van der Waals surface area contributed by atoms with E-state index in [-0.39, 0.29) is 0 Å². The molecule has 0 aliphatic rings. The number of hydrogen-bond acceptors (Lipinski definition) is 2. The predicted octanol–water partition coefficient (Wildman–Crippen LogP) is 0.681. The molecule has 0 aliphatic carbocycles. The first-order chi connectivity index (χ1) is 4.20. The second-order valence-electron chi connectivity index (χ2n) is 1.60. The average molecular weight is 165 g/mol. The van der Waals surface area contributed by atoms with Crippen molar-refractivity contribution in [2.45, 2.75) is 5.03 Å². The van der Waals surface area contributed by atoms with Gasteiger partial charge in [0, 0.05) is 13.2 Å². The third kappa shape index (κ3) is 1.53. The third-order valence-electron chi connectivity index (χ3n) is 0.846. The largest absolute Gasteiger partial charge is 0.339 e. The molecule has 0 amide bonds. The van der Waals surface area contributed by atoms with Crippen LogP contribution in [-0.4, -0.2) is 13.8 Å². The van der Waals surface area contributed by atoms with Gasteiger partial charge >= 0.3 is 0 Å². The number of hydrogen-bond donors (Lipinski definition) is 0. The first-order valence-corrected chi connectivity index (χ1v) is 4.24. The lowest BCUT2D eigenvalue weighted by atomic mass is 10.9. The van der Waals surface area contributed by atoms with Crippen molar-refractivity contribution in [2.24, 2.45) is 7.05 Å². The summed E-state index contributed by atoms with van der Waals surface area (Å²) in [5.41, 5.74) is 0. The second-order valence-corrected chi connectivity index (χ2v) is 3.31. The normalized spacial score (nSPS) is 13.6. The summed E-state index contributed by atoms with van der Waals surface area (Å²) in [6, 6.07) is 0. The SMILES string of the molecule is Cn1cnc(S(=O)Cl)c1. The minimum absolute atomic E-state index is 0.402. The molecule has 1 aromatic rings. The van der Waals surface area contributed by atoms with E-state index >= 15 is 0 Å². The van der Waals surface area contributed by atoms with Gasteiger partial charge < -0.3 is 4.57 Å². The average Bonchev–Trinajstić information content (AvgIpc) is 2.14. The van der Waals surface area contributed by atoms with E-state index in [9.17, 15) is 4.21 Å². The fourth-order valence-corrected chi connectivity index (χ4v) is 1.09. The van der Waals surface area contributed by atoms with Gasteiger partial charge in [0.2, 0.25) is 0 Å². The fourth-order valence-electron chi connectivity index (χ4n) is 0.472. The van der Waals surface area contributed by atoms with Crippen LogP contribution in [0.15, 0.2) is 17.6 Å². The van der Waals surface area contributed by atoms with Crippen LogP contribution in [-0.2, 0) is 17.1 Å². The lowest BCUT2D eigenvalue weighted by molar-refractivity contribution is 0.689. The monoisotopic (exact) mass is 164 g/mol. The third-order valence-corrected chi connectivity index (χ3v) is 1.86. The fraction of sp³-hybridized carbons (Fsp3) is 0.250. The summed E-state index contributed by atoms with van der Waals surface area (Å²) in [6.07, 6.45) is 3.17. The number of nitrogens with zero attached hydrogens (tertiary/aromatic N) is 2. The van der Waals surface area contributed by atoms with Crippen molar-refractivity contribution < 1.29 is 4.21 Å². The second kappa shape index (κ2) is 2.49. The summed E-state index contributed by atoms with van der Waals surface area (Å²) < 4.78 is 12.1. The van der Waals surface area contributed by atoms with Gasteiger partial charge in [-0.25, -0.2) is 9.19 Å². The van der Waals surface area contributed by atoms with Crippen LogP contribution in [0.1, 0.15) is 0 Å². The molecule has 3 nitrogen and oxygen atoms in total. The standard InChI is InChI=1S/C4H5ClN2OS/c1-7-2-4(6-3-7)9(5)8/h2-3H,1H3. The maximum atomic E-state index is 10.5. The van der Waals surface area contributed by atoms with Crippen molar-refractivity contribution in [1.82, 2.24) is 9.55 Å². The zero-order valence-corrected chi connectivity index (χ0v) is 6.32. The van der Waals surface area contributed by atoms with Crippen molar-refractivity contribution >= 4 is 20.7 Å². The Morgan fingerprint density at radius 2 is 2.56 bits per heavy atom. The molecule has 0 saturated heterocycles. The van der Waals surface area contributed by atoms with Crippen molar-refractivity contribution in [1.29, 1.82) is 0 Å². The predicted molar refractivity (Wildman–Crippen MR) is 35.5 cm³/mol. The molecule has 0 N–H and O–H groups in total. The van der Waals surface area contributed by atoms with Gasteiger partial charge in [0.15, 0.2) is 15.0 Å². The van der Waals surface area contributed by atoms with E-state index in [0.29, 0.717) is 5.03 Å². The lowest BCUT2D eigenvalue weighted by Gasteiger charge is -1.81. The van der Waals surface area contributed by atoms with Crippen molar-refractivity contribution in [3.05, 3.63) is 12.5 Å². The van der Waals surface area contributed by atoms with Gasteiger partial charge in [0.05, 0.1) is 6.33 Å². The molecule has 0 bridgehead atoms. The molecule has 0 aliphatic heterocycles. The molecule has 1 atom stereocenters. The van der Waals surface area contributed by atoms with E-state index in [4.69, 9.17) is 10.7 Å². The Hall–Kier alpha value is -0.350. The quantitative estimate of drug-likeness (QED) is 0.573. The number of aryl methyl sites for hydroxylation is 1. The van der Waals surface area contributed by atoms with Crippen LogP contribution in [0.5, 0.6) is 0 Å². The van der Waals surface area contributed by atoms with Crippen LogP contribution < -0.4 is 0 Å². The first-order valence-electron chi connectivity index (χ1n) is 2.26. The Bertz CT molecular complexity index is 234. The van der Waals surface area contributed by atoms with Crippen molar-refractivity contribution in [3.8, 4) is 0 Å². The Morgan fingerprint density at radius 3 is 2.78 bits per heavy atom. The van der Waals surface area contributed by atoms with Gasteiger partial charge in [0.25, 0.3) is 0 Å². The highest BCUT2D eigenvalue weighted by molar-refractivity contribution is 8.08. The van der Waals surface area contributed by atoms with Crippen LogP contribution >= 0.6 is 10.7 Å². The molecule has 0 aromatic carbocycles. The molecule has 1 unspecified atom stereocenters.